The molecule has 14 heavy (non-hydrogen) atoms. The molecule has 1 unspecified atom stereocenters. The molecule has 4 nitrogen and oxygen atoms in total. The van der Waals surface area contributed by atoms with Crippen molar-refractivity contribution in [1.29, 1.82) is 0 Å². The van der Waals surface area contributed by atoms with Crippen LogP contribution >= 0.6 is 0 Å². The van der Waals surface area contributed by atoms with Crippen molar-refractivity contribution in [3.8, 4) is 0 Å². The molecule has 4 heteroatoms. The maximum atomic E-state index is 10.9. The van der Waals surface area contributed by atoms with Crippen molar-refractivity contribution < 1.29 is 9.90 Å². The summed E-state index contributed by atoms with van der Waals surface area (Å²) >= 11 is 0. The Hall–Kier alpha value is -1.45. The Kier molecular flexibility index (Phi) is 3.56. The van der Waals surface area contributed by atoms with Gasteiger partial charge in [0.25, 0.3) is 0 Å². The number of hydrogen-bond acceptors (Lipinski definition) is 3. The van der Waals surface area contributed by atoms with Crippen LogP contribution in [0.5, 0.6) is 0 Å². The van der Waals surface area contributed by atoms with Crippen LogP contribution in [0.1, 0.15) is 37.1 Å². The number of rotatable bonds is 4. The minimum atomic E-state index is -0.851. The Morgan fingerprint density at radius 3 is 2.50 bits per heavy atom. The highest BCUT2D eigenvalue weighted by molar-refractivity contribution is 5.74. The smallest absolute Gasteiger partial charge is 0.314 e. The third kappa shape index (κ3) is 2.52. The Morgan fingerprint density at radius 2 is 2.07 bits per heavy atom. The van der Waals surface area contributed by atoms with Crippen molar-refractivity contribution in [2.24, 2.45) is 0 Å². The summed E-state index contributed by atoms with van der Waals surface area (Å²) in [5.74, 6) is -1.01. The summed E-state index contributed by atoms with van der Waals surface area (Å²) in [4.78, 5) is 18.9. The topological polar surface area (TPSA) is 63.1 Å². The lowest BCUT2D eigenvalue weighted by Gasteiger charge is -2.08. The second-order valence-electron chi connectivity index (χ2n) is 3.30. The molecule has 0 aliphatic rings. The largest absolute Gasteiger partial charge is 0.481 e. The number of nitrogens with zero attached hydrogens (tertiary/aromatic N) is 2. The minimum Gasteiger partial charge on any atom is -0.481 e. The second-order valence-corrected chi connectivity index (χ2v) is 3.30. The zero-order valence-corrected chi connectivity index (χ0v) is 8.40. The SMILES string of the molecule is CCCC(C(=O)O)c1ncc(C)cn1. The van der Waals surface area contributed by atoms with E-state index in [9.17, 15) is 4.79 Å². The van der Waals surface area contributed by atoms with E-state index >= 15 is 0 Å². The van der Waals surface area contributed by atoms with Crippen LogP contribution in [-0.2, 0) is 4.79 Å². The van der Waals surface area contributed by atoms with Gasteiger partial charge >= 0.3 is 5.97 Å². The number of carbonyl (C=O) groups is 1. The average Bonchev–Trinajstić information content (AvgIpc) is 2.15. The van der Waals surface area contributed by atoms with Gasteiger partial charge in [-0.25, -0.2) is 9.97 Å². The Morgan fingerprint density at radius 1 is 1.50 bits per heavy atom. The first-order chi connectivity index (χ1) is 6.65. The Balaban J connectivity index is 2.87. The molecule has 0 radical (unpaired) electrons. The van der Waals surface area contributed by atoms with Crippen LogP contribution in [0.4, 0.5) is 0 Å². The number of hydrogen-bond donors (Lipinski definition) is 1. The van der Waals surface area contributed by atoms with Crippen LogP contribution in [0.3, 0.4) is 0 Å². The summed E-state index contributed by atoms with van der Waals surface area (Å²) < 4.78 is 0. The lowest BCUT2D eigenvalue weighted by atomic mass is 10.0. The van der Waals surface area contributed by atoms with E-state index in [2.05, 4.69) is 9.97 Å². The number of carboxylic acids is 1. The van der Waals surface area contributed by atoms with Gasteiger partial charge in [0.2, 0.25) is 0 Å². The molecule has 0 bridgehead atoms. The molecule has 0 spiro atoms. The maximum absolute atomic E-state index is 10.9. The van der Waals surface area contributed by atoms with Gasteiger partial charge in [0.05, 0.1) is 0 Å². The quantitative estimate of drug-likeness (QED) is 0.793. The first kappa shape index (κ1) is 10.6. The normalized spacial score (nSPS) is 12.4. The molecule has 0 amide bonds. The van der Waals surface area contributed by atoms with Gasteiger partial charge in [-0.1, -0.05) is 13.3 Å². The number of aromatic nitrogens is 2. The zero-order valence-electron chi connectivity index (χ0n) is 8.40. The lowest BCUT2D eigenvalue weighted by Crippen LogP contribution is -2.14. The van der Waals surface area contributed by atoms with Crippen molar-refractivity contribution in [3.63, 3.8) is 0 Å². The highest BCUT2D eigenvalue weighted by Gasteiger charge is 2.21. The van der Waals surface area contributed by atoms with Crippen LogP contribution in [0.2, 0.25) is 0 Å². The molecule has 0 aliphatic heterocycles. The van der Waals surface area contributed by atoms with E-state index in [4.69, 9.17) is 5.11 Å². The fourth-order valence-corrected chi connectivity index (χ4v) is 1.23. The summed E-state index contributed by atoms with van der Waals surface area (Å²) in [6, 6.07) is 0. The van der Waals surface area contributed by atoms with Crippen molar-refractivity contribution in [2.45, 2.75) is 32.6 Å². The third-order valence-corrected chi connectivity index (χ3v) is 1.99. The predicted molar refractivity (Wildman–Crippen MR) is 52.1 cm³/mol. The molecule has 1 N–H and O–H groups in total. The van der Waals surface area contributed by atoms with E-state index < -0.39 is 11.9 Å². The number of aryl methyl sites for hydroxylation is 1. The molecule has 0 aromatic carbocycles. The van der Waals surface area contributed by atoms with Crippen LogP contribution < -0.4 is 0 Å². The number of carboxylic acid groups (broad SMARTS) is 1. The van der Waals surface area contributed by atoms with Gasteiger partial charge in [-0.15, -0.1) is 0 Å². The van der Waals surface area contributed by atoms with Crippen molar-refractivity contribution in [2.75, 3.05) is 0 Å². The van der Waals surface area contributed by atoms with Gasteiger partial charge in [0.1, 0.15) is 11.7 Å². The highest BCUT2D eigenvalue weighted by atomic mass is 16.4. The van der Waals surface area contributed by atoms with Gasteiger partial charge in [-0.05, 0) is 18.9 Å². The second kappa shape index (κ2) is 4.69. The van der Waals surface area contributed by atoms with E-state index in [-0.39, 0.29) is 0 Å². The average molecular weight is 194 g/mol. The van der Waals surface area contributed by atoms with E-state index in [1.54, 1.807) is 12.4 Å². The molecule has 0 saturated heterocycles. The maximum Gasteiger partial charge on any atom is 0.314 e. The van der Waals surface area contributed by atoms with Crippen LogP contribution in [0.25, 0.3) is 0 Å². The van der Waals surface area contributed by atoms with Gasteiger partial charge in [0, 0.05) is 12.4 Å². The monoisotopic (exact) mass is 194 g/mol. The summed E-state index contributed by atoms with van der Waals surface area (Å²) in [6.07, 6.45) is 4.69. The highest BCUT2D eigenvalue weighted by Crippen LogP contribution is 2.17. The summed E-state index contributed by atoms with van der Waals surface area (Å²) in [5.41, 5.74) is 0.939. The van der Waals surface area contributed by atoms with Gasteiger partial charge in [-0.2, -0.15) is 0 Å². The van der Waals surface area contributed by atoms with E-state index in [1.807, 2.05) is 13.8 Å². The Bertz CT molecular complexity index is 308. The number of aliphatic carboxylic acids is 1. The summed E-state index contributed by atoms with van der Waals surface area (Å²) in [6.45, 7) is 3.82. The summed E-state index contributed by atoms with van der Waals surface area (Å²) in [5, 5.41) is 8.95. The molecule has 1 atom stereocenters. The molecule has 1 aromatic rings. The minimum absolute atomic E-state index is 0.407. The molecule has 0 fully saturated rings. The molecular formula is C10H14N2O2. The fourth-order valence-electron chi connectivity index (χ4n) is 1.23. The van der Waals surface area contributed by atoms with Crippen LogP contribution in [0.15, 0.2) is 12.4 Å². The van der Waals surface area contributed by atoms with Gasteiger partial charge in [-0.3, -0.25) is 4.79 Å². The molecule has 0 saturated carbocycles. The molecule has 0 aliphatic carbocycles. The van der Waals surface area contributed by atoms with Crippen molar-refractivity contribution in [1.82, 2.24) is 9.97 Å². The lowest BCUT2D eigenvalue weighted by molar-refractivity contribution is -0.139. The fraction of sp³-hybridized carbons (Fsp3) is 0.500. The summed E-state index contributed by atoms with van der Waals surface area (Å²) in [7, 11) is 0. The first-order valence-corrected chi connectivity index (χ1v) is 4.66. The van der Waals surface area contributed by atoms with Crippen LogP contribution in [-0.4, -0.2) is 21.0 Å². The molecule has 76 valence electrons. The Labute approximate surface area is 83.0 Å². The first-order valence-electron chi connectivity index (χ1n) is 4.66. The van der Waals surface area contributed by atoms with Crippen LogP contribution in [0, 0.1) is 6.92 Å². The molecule has 1 heterocycles. The third-order valence-electron chi connectivity index (χ3n) is 1.99. The van der Waals surface area contributed by atoms with Gasteiger partial charge < -0.3 is 5.11 Å². The molecular weight excluding hydrogens is 180 g/mol. The van der Waals surface area contributed by atoms with E-state index in [0.29, 0.717) is 12.2 Å². The van der Waals surface area contributed by atoms with Crippen molar-refractivity contribution >= 4 is 5.97 Å². The predicted octanol–water partition coefficient (Wildman–Crippen LogP) is 1.75. The molecule has 1 rings (SSSR count). The standard InChI is InChI=1S/C10H14N2O2/c1-3-4-8(10(13)14)9-11-5-7(2)6-12-9/h5-6,8H,3-4H2,1-2H3,(H,13,14). The zero-order chi connectivity index (χ0) is 10.6. The van der Waals surface area contributed by atoms with Gasteiger partial charge in [0.15, 0.2) is 0 Å². The van der Waals surface area contributed by atoms with E-state index in [1.165, 1.54) is 0 Å². The molecule has 1 aromatic heterocycles. The van der Waals surface area contributed by atoms with Crippen molar-refractivity contribution in [3.05, 3.63) is 23.8 Å². The van der Waals surface area contributed by atoms with E-state index in [0.717, 1.165) is 12.0 Å².